The zero-order valence-corrected chi connectivity index (χ0v) is 13.0. The van der Waals surface area contributed by atoms with Crippen molar-refractivity contribution in [1.82, 2.24) is 10.3 Å². The SMILES string of the molecule is CC(CC(C)(CO)NC1CC1)Sc1ncccc1Cl. The van der Waals surface area contributed by atoms with Gasteiger partial charge in [0.2, 0.25) is 0 Å². The summed E-state index contributed by atoms with van der Waals surface area (Å²) in [5, 5.41) is 15.1. The predicted molar refractivity (Wildman–Crippen MR) is 80.8 cm³/mol. The Morgan fingerprint density at radius 2 is 2.37 bits per heavy atom. The molecule has 106 valence electrons. The molecule has 1 aliphatic rings. The molecule has 1 fully saturated rings. The Morgan fingerprint density at radius 1 is 1.63 bits per heavy atom. The van der Waals surface area contributed by atoms with Crippen molar-refractivity contribution in [3.8, 4) is 0 Å². The molecule has 0 spiro atoms. The molecule has 5 heteroatoms. The normalized spacial score (nSPS) is 20.0. The lowest BCUT2D eigenvalue weighted by Crippen LogP contribution is -2.48. The van der Waals surface area contributed by atoms with Crippen LogP contribution in [0.25, 0.3) is 0 Å². The van der Waals surface area contributed by atoms with Crippen molar-refractivity contribution >= 4 is 23.4 Å². The average molecular weight is 301 g/mol. The monoisotopic (exact) mass is 300 g/mol. The van der Waals surface area contributed by atoms with Crippen LogP contribution in [0.1, 0.15) is 33.1 Å². The van der Waals surface area contributed by atoms with Gasteiger partial charge in [0.25, 0.3) is 0 Å². The van der Waals surface area contributed by atoms with E-state index in [9.17, 15) is 5.11 Å². The Morgan fingerprint density at radius 3 is 2.95 bits per heavy atom. The van der Waals surface area contributed by atoms with Gasteiger partial charge < -0.3 is 10.4 Å². The number of hydrogen-bond acceptors (Lipinski definition) is 4. The smallest absolute Gasteiger partial charge is 0.115 e. The zero-order chi connectivity index (χ0) is 13.9. The summed E-state index contributed by atoms with van der Waals surface area (Å²) >= 11 is 7.79. The van der Waals surface area contributed by atoms with Crippen molar-refractivity contribution in [2.75, 3.05) is 6.61 Å². The van der Waals surface area contributed by atoms with Crippen molar-refractivity contribution in [3.63, 3.8) is 0 Å². The summed E-state index contributed by atoms with van der Waals surface area (Å²) in [7, 11) is 0. The van der Waals surface area contributed by atoms with Gasteiger partial charge in [0.05, 0.1) is 11.6 Å². The zero-order valence-electron chi connectivity index (χ0n) is 11.4. The molecule has 0 aliphatic heterocycles. The molecular weight excluding hydrogens is 280 g/mol. The molecule has 0 saturated heterocycles. The number of rotatable bonds is 7. The molecule has 0 amide bonds. The molecule has 0 radical (unpaired) electrons. The number of nitrogens with zero attached hydrogens (tertiary/aromatic N) is 1. The summed E-state index contributed by atoms with van der Waals surface area (Å²) in [6, 6.07) is 4.29. The Hall–Kier alpha value is -0.290. The summed E-state index contributed by atoms with van der Waals surface area (Å²) in [6.45, 7) is 4.39. The van der Waals surface area contributed by atoms with Crippen LogP contribution in [0.3, 0.4) is 0 Å². The fourth-order valence-electron chi connectivity index (χ4n) is 2.21. The topological polar surface area (TPSA) is 45.1 Å². The Labute approximate surface area is 124 Å². The van der Waals surface area contributed by atoms with E-state index >= 15 is 0 Å². The van der Waals surface area contributed by atoms with E-state index in [-0.39, 0.29) is 12.1 Å². The van der Waals surface area contributed by atoms with Crippen LogP contribution in [0, 0.1) is 0 Å². The molecule has 1 heterocycles. The highest BCUT2D eigenvalue weighted by atomic mass is 35.5. The van der Waals surface area contributed by atoms with Crippen LogP contribution in [0.4, 0.5) is 0 Å². The highest BCUT2D eigenvalue weighted by Gasteiger charge is 2.33. The molecule has 1 aliphatic carbocycles. The van der Waals surface area contributed by atoms with E-state index in [1.165, 1.54) is 12.8 Å². The quantitative estimate of drug-likeness (QED) is 0.760. The van der Waals surface area contributed by atoms with Gasteiger partial charge in [0, 0.05) is 23.0 Å². The molecule has 2 N–H and O–H groups in total. The van der Waals surface area contributed by atoms with Crippen LogP contribution in [0.15, 0.2) is 23.4 Å². The summed E-state index contributed by atoms with van der Waals surface area (Å²) in [6.07, 6.45) is 5.10. The van der Waals surface area contributed by atoms with Crippen LogP contribution >= 0.6 is 23.4 Å². The molecule has 1 aromatic heterocycles. The first kappa shape index (κ1) is 15.1. The maximum absolute atomic E-state index is 9.62. The number of halogens is 1. The molecule has 0 bridgehead atoms. The molecule has 2 unspecified atom stereocenters. The lowest BCUT2D eigenvalue weighted by atomic mass is 9.97. The van der Waals surface area contributed by atoms with Crippen molar-refractivity contribution in [2.45, 2.75) is 55.0 Å². The van der Waals surface area contributed by atoms with Crippen molar-refractivity contribution in [1.29, 1.82) is 0 Å². The van der Waals surface area contributed by atoms with Crippen molar-refractivity contribution < 1.29 is 5.11 Å². The maximum Gasteiger partial charge on any atom is 0.115 e. The van der Waals surface area contributed by atoms with Gasteiger partial charge >= 0.3 is 0 Å². The number of thioether (sulfide) groups is 1. The second-order valence-electron chi connectivity index (χ2n) is 5.56. The summed E-state index contributed by atoms with van der Waals surface area (Å²) in [5.41, 5.74) is -0.213. The van der Waals surface area contributed by atoms with E-state index in [0.29, 0.717) is 16.3 Å². The van der Waals surface area contributed by atoms with Crippen LogP contribution < -0.4 is 5.32 Å². The third-order valence-electron chi connectivity index (χ3n) is 3.25. The largest absolute Gasteiger partial charge is 0.394 e. The van der Waals surface area contributed by atoms with Crippen LogP contribution in [-0.4, -0.2) is 33.5 Å². The maximum atomic E-state index is 9.62. The molecule has 19 heavy (non-hydrogen) atoms. The second-order valence-corrected chi connectivity index (χ2v) is 7.39. The van der Waals surface area contributed by atoms with Gasteiger partial charge in [-0.1, -0.05) is 18.5 Å². The summed E-state index contributed by atoms with van der Waals surface area (Å²) in [4.78, 5) is 4.30. The first-order valence-electron chi connectivity index (χ1n) is 6.68. The highest BCUT2D eigenvalue weighted by Crippen LogP contribution is 2.33. The summed E-state index contributed by atoms with van der Waals surface area (Å²) < 4.78 is 0. The molecule has 3 nitrogen and oxygen atoms in total. The number of nitrogens with one attached hydrogen (secondary N) is 1. The van der Waals surface area contributed by atoms with Crippen LogP contribution in [0.2, 0.25) is 5.02 Å². The average Bonchev–Trinajstić information content (AvgIpc) is 3.15. The van der Waals surface area contributed by atoms with E-state index in [1.54, 1.807) is 18.0 Å². The van der Waals surface area contributed by atoms with Gasteiger partial charge in [0.15, 0.2) is 0 Å². The minimum atomic E-state index is -0.213. The fraction of sp³-hybridized carbons (Fsp3) is 0.643. The third-order valence-corrected chi connectivity index (χ3v) is 4.79. The van der Waals surface area contributed by atoms with Crippen molar-refractivity contribution in [3.05, 3.63) is 23.4 Å². The van der Waals surface area contributed by atoms with Gasteiger partial charge in [-0.15, -0.1) is 11.8 Å². The van der Waals surface area contributed by atoms with E-state index in [4.69, 9.17) is 11.6 Å². The van der Waals surface area contributed by atoms with E-state index < -0.39 is 0 Å². The lowest BCUT2D eigenvalue weighted by molar-refractivity contribution is 0.164. The number of pyridine rings is 1. The van der Waals surface area contributed by atoms with Gasteiger partial charge in [-0.2, -0.15) is 0 Å². The van der Waals surface area contributed by atoms with E-state index in [1.807, 2.05) is 12.1 Å². The number of hydrogen-bond donors (Lipinski definition) is 2. The molecule has 2 rings (SSSR count). The van der Waals surface area contributed by atoms with Gasteiger partial charge in [-0.25, -0.2) is 4.98 Å². The Balaban J connectivity index is 1.92. The lowest BCUT2D eigenvalue weighted by Gasteiger charge is -2.31. The Kier molecular flexibility index (Phi) is 5.12. The summed E-state index contributed by atoms with van der Waals surface area (Å²) in [5.74, 6) is 0. The Bertz CT molecular complexity index is 428. The third kappa shape index (κ3) is 4.63. The molecular formula is C14H21ClN2OS. The van der Waals surface area contributed by atoms with Gasteiger partial charge in [-0.3, -0.25) is 0 Å². The molecule has 1 aromatic rings. The first-order chi connectivity index (χ1) is 9.02. The highest BCUT2D eigenvalue weighted by molar-refractivity contribution is 7.99. The van der Waals surface area contributed by atoms with Crippen LogP contribution in [-0.2, 0) is 0 Å². The van der Waals surface area contributed by atoms with Crippen LogP contribution in [0.5, 0.6) is 0 Å². The number of aliphatic hydroxyl groups excluding tert-OH is 1. The van der Waals surface area contributed by atoms with E-state index in [2.05, 4.69) is 24.1 Å². The minimum Gasteiger partial charge on any atom is -0.394 e. The standard InChI is InChI=1S/C14H21ClN2OS/c1-10(19-13-12(15)4-3-7-16-13)8-14(2,9-18)17-11-5-6-11/h3-4,7,10-11,17-18H,5-6,8-9H2,1-2H3. The van der Waals surface area contributed by atoms with Gasteiger partial charge in [-0.05, 0) is 38.3 Å². The first-order valence-corrected chi connectivity index (χ1v) is 7.94. The van der Waals surface area contributed by atoms with Crippen molar-refractivity contribution in [2.24, 2.45) is 0 Å². The predicted octanol–water partition coefficient (Wildman–Crippen LogP) is 3.11. The van der Waals surface area contributed by atoms with Gasteiger partial charge in [0.1, 0.15) is 5.03 Å². The minimum absolute atomic E-state index is 0.157. The second kappa shape index (κ2) is 6.44. The number of aromatic nitrogens is 1. The van der Waals surface area contributed by atoms with E-state index in [0.717, 1.165) is 11.4 Å². The molecule has 1 saturated carbocycles. The fourth-order valence-corrected chi connectivity index (χ4v) is 3.60. The molecule has 0 aromatic carbocycles. The molecule has 2 atom stereocenters. The number of aliphatic hydroxyl groups is 1.